The Labute approximate surface area is 126 Å². The zero-order valence-corrected chi connectivity index (χ0v) is 13.4. The Balaban J connectivity index is 1.77. The van der Waals surface area contributed by atoms with Gasteiger partial charge in [0, 0.05) is 25.7 Å². The van der Waals surface area contributed by atoms with Crippen molar-refractivity contribution in [3.8, 4) is 11.4 Å². The molecule has 4 nitrogen and oxygen atoms in total. The van der Waals surface area contributed by atoms with Crippen LogP contribution in [0.3, 0.4) is 0 Å². The van der Waals surface area contributed by atoms with E-state index in [1.807, 2.05) is 29.9 Å². The van der Waals surface area contributed by atoms with Gasteiger partial charge in [-0.3, -0.25) is 4.90 Å². The average Bonchev–Trinajstić information content (AvgIpc) is 2.91. The summed E-state index contributed by atoms with van der Waals surface area (Å²) in [5, 5.41) is 4.59. The molecule has 0 N–H and O–H groups in total. The number of aromatic nitrogens is 3. The summed E-state index contributed by atoms with van der Waals surface area (Å²) in [7, 11) is 1.97. The molecule has 1 saturated heterocycles. The van der Waals surface area contributed by atoms with E-state index in [1.165, 1.54) is 0 Å². The zero-order valence-electron chi connectivity index (χ0n) is 13.4. The van der Waals surface area contributed by atoms with E-state index in [1.54, 1.807) is 0 Å². The Morgan fingerprint density at radius 3 is 2.57 bits per heavy atom. The molecule has 21 heavy (non-hydrogen) atoms. The number of rotatable bonds is 3. The molecule has 1 fully saturated rings. The summed E-state index contributed by atoms with van der Waals surface area (Å²) in [5.74, 6) is 2.58. The summed E-state index contributed by atoms with van der Waals surface area (Å²) in [6, 6.07) is 10.3. The fourth-order valence-electron chi connectivity index (χ4n) is 3.09. The molecule has 1 aliphatic rings. The van der Waals surface area contributed by atoms with Crippen molar-refractivity contribution < 1.29 is 0 Å². The average molecular weight is 284 g/mol. The lowest BCUT2D eigenvalue weighted by molar-refractivity contribution is 0.270. The third-order valence-corrected chi connectivity index (χ3v) is 4.70. The fraction of sp³-hybridized carbons (Fsp3) is 0.529. The van der Waals surface area contributed by atoms with Gasteiger partial charge < -0.3 is 0 Å². The summed E-state index contributed by atoms with van der Waals surface area (Å²) in [4.78, 5) is 7.19. The van der Waals surface area contributed by atoms with Crippen molar-refractivity contribution in [3.63, 3.8) is 0 Å². The smallest absolute Gasteiger partial charge is 0.165 e. The van der Waals surface area contributed by atoms with Gasteiger partial charge in [-0.1, -0.05) is 51.1 Å². The Bertz CT molecular complexity index is 615. The molecule has 1 aromatic carbocycles. The quantitative estimate of drug-likeness (QED) is 0.869. The molecule has 1 aromatic heterocycles. The third-order valence-electron chi connectivity index (χ3n) is 4.70. The fourth-order valence-corrected chi connectivity index (χ4v) is 3.09. The van der Waals surface area contributed by atoms with Gasteiger partial charge in [0.1, 0.15) is 0 Å². The molecule has 1 aliphatic heterocycles. The van der Waals surface area contributed by atoms with E-state index >= 15 is 0 Å². The number of hydrogen-bond donors (Lipinski definition) is 0. The van der Waals surface area contributed by atoms with Crippen molar-refractivity contribution >= 4 is 0 Å². The molecule has 3 rings (SSSR count). The molecule has 0 aliphatic carbocycles. The van der Waals surface area contributed by atoms with Crippen LogP contribution < -0.4 is 0 Å². The molecule has 112 valence electrons. The molecular formula is C17H24N4. The molecule has 2 aromatic rings. The largest absolute Gasteiger partial charge is 0.295 e. The molecule has 1 atom stereocenters. The molecule has 0 amide bonds. The van der Waals surface area contributed by atoms with Gasteiger partial charge in [-0.15, -0.1) is 0 Å². The maximum absolute atomic E-state index is 4.73. The minimum absolute atomic E-state index is 0.386. The second-order valence-electron chi connectivity index (χ2n) is 6.90. The first kappa shape index (κ1) is 14.3. The van der Waals surface area contributed by atoms with Gasteiger partial charge in [0.05, 0.1) is 6.54 Å². The highest BCUT2D eigenvalue weighted by Crippen LogP contribution is 2.35. The lowest BCUT2D eigenvalue weighted by Gasteiger charge is -2.21. The van der Waals surface area contributed by atoms with Crippen molar-refractivity contribution in [1.82, 2.24) is 19.7 Å². The monoisotopic (exact) mass is 284 g/mol. The Hall–Kier alpha value is -1.68. The van der Waals surface area contributed by atoms with E-state index in [-0.39, 0.29) is 0 Å². The molecular weight excluding hydrogens is 260 g/mol. The van der Waals surface area contributed by atoms with E-state index < -0.39 is 0 Å². The van der Waals surface area contributed by atoms with Crippen LogP contribution in [0.25, 0.3) is 11.4 Å². The lowest BCUT2D eigenvalue weighted by Crippen LogP contribution is -2.23. The number of aryl methyl sites for hydroxylation is 1. The molecule has 0 radical (unpaired) electrons. The van der Waals surface area contributed by atoms with Gasteiger partial charge in [0.25, 0.3) is 0 Å². The minimum Gasteiger partial charge on any atom is -0.295 e. The number of likely N-dealkylation sites (tertiary alicyclic amines) is 1. The first-order valence-electron chi connectivity index (χ1n) is 7.63. The molecule has 0 spiro atoms. The third kappa shape index (κ3) is 2.86. The van der Waals surface area contributed by atoms with Crippen molar-refractivity contribution in [2.45, 2.75) is 27.3 Å². The Morgan fingerprint density at radius 2 is 1.95 bits per heavy atom. The highest BCUT2D eigenvalue weighted by Gasteiger charge is 2.36. The standard InChI is InChI=1S/C17H24N4/c1-13-10-21(12-17(13,2)3)11-15-18-16(20(4)19-15)14-8-6-5-7-9-14/h5-9,13H,10-12H2,1-4H3. The first-order valence-corrected chi connectivity index (χ1v) is 7.63. The number of benzene rings is 1. The highest BCUT2D eigenvalue weighted by molar-refractivity contribution is 5.54. The normalized spacial score (nSPS) is 21.8. The SMILES string of the molecule is CC1CN(Cc2nc(-c3ccccc3)n(C)n2)CC1(C)C. The van der Waals surface area contributed by atoms with Gasteiger partial charge in [0.2, 0.25) is 0 Å². The molecule has 4 heteroatoms. The minimum atomic E-state index is 0.386. The second kappa shape index (κ2) is 5.26. The summed E-state index contributed by atoms with van der Waals surface area (Å²) in [6.07, 6.45) is 0. The van der Waals surface area contributed by atoms with E-state index in [4.69, 9.17) is 4.98 Å². The van der Waals surface area contributed by atoms with Crippen molar-refractivity contribution in [3.05, 3.63) is 36.2 Å². The van der Waals surface area contributed by atoms with Crippen molar-refractivity contribution in [2.75, 3.05) is 13.1 Å². The van der Waals surface area contributed by atoms with Crippen LogP contribution in [0.15, 0.2) is 30.3 Å². The predicted molar refractivity (Wildman–Crippen MR) is 84.7 cm³/mol. The zero-order chi connectivity index (χ0) is 15.0. The molecule has 0 saturated carbocycles. The maximum Gasteiger partial charge on any atom is 0.165 e. The van der Waals surface area contributed by atoms with Crippen molar-refractivity contribution in [2.24, 2.45) is 18.4 Å². The van der Waals surface area contributed by atoms with E-state index in [0.717, 1.165) is 42.8 Å². The maximum atomic E-state index is 4.73. The molecule has 2 heterocycles. The summed E-state index contributed by atoms with van der Waals surface area (Å²) < 4.78 is 1.88. The first-order chi connectivity index (χ1) is 9.95. The topological polar surface area (TPSA) is 34.0 Å². The summed E-state index contributed by atoms with van der Waals surface area (Å²) in [6.45, 7) is 10.1. The van der Waals surface area contributed by atoms with E-state index in [9.17, 15) is 0 Å². The van der Waals surface area contributed by atoms with Crippen LogP contribution in [0.4, 0.5) is 0 Å². The Kier molecular flexibility index (Phi) is 3.57. The number of hydrogen-bond acceptors (Lipinski definition) is 3. The highest BCUT2D eigenvalue weighted by atomic mass is 15.3. The number of nitrogens with zero attached hydrogens (tertiary/aromatic N) is 4. The second-order valence-corrected chi connectivity index (χ2v) is 6.90. The van der Waals surface area contributed by atoms with Crippen LogP contribution >= 0.6 is 0 Å². The van der Waals surface area contributed by atoms with E-state index in [0.29, 0.717) is 5.41 Å². The van der Waals surface area contributed by atoms with Crippen molar-refractivity contribution in [1.29, 1.82) is 0 Å². The van der Waals surface area contributed by atoms with Crippen LogP contribution in [0.1, 0.15) is 26.6 Å². The van der Waals surface area contributed by atoms with E-state index in [2.05, 4.69) is 42.9 Å². The summed E-state index contributed by atoms with van der Waals surface area (Å²) in [5.41, 5.74) is 1.51. The molecule has 0 bridgehead atoms. The predicted octanol–water partition coefficient (Wildman–Crippen LogP) is 2.96. The van der Waals surface area contributed by atoms with Crippen LogP contribution in [-0.4, -0.2) is 32.8 Å². The van der Waals surface area contributed by atoms with Gasteiger partial charge in [-0.25, -0.2) is 9.67 Å². The van der Waals surface area contributed by atoms with Crippen LogP contribution in [0, 0.1) is 11.3 Å². The van der Waals surface area contributed by atoms with Gasteiger partial charge in [-0.05, 0) is 11.3 Å². The molecule has 1 unspecified atom stereocenters. The van der Waals surface area contributed by atoms with Crippen LogP contribution in [0.5, 0.6) is 0 Å². The Morgan fingerprint density at radius 1 is 1.24 bits per heavy atom. The summed E-state index contributed by atoms with van der Waals surface area (Å²) >= 11 is 0. The van der Waals surface area contributed by atoms with Gasteiger partial charge in [0.15, 0.2) is 11.6 Å². The van der Waals surface area contributed by atoms with Crippen LogP contribution in [0.2, 0.25) is 0 Å². The lowest BCUT2D eigenvalue weighted by atomic mass is 9.84. The van der Waals surface area contributed by atoms with Gasteiger partial charge in [-0.2, -0.15) is 5.10 Å². The van der Waals surface area contributed by atoms with Gasteiger partial charge >= 0.3 is 0 Å². The van der Waals surface area contributed by atoms with Crippen LogP contribution in [-0.2, 0) is 13.6 Å².